The van der Waals surface area contributed by atoms with Gasteiger partial charge in [0.05, 0.1) is 4.92 Å². The Morgan fingerprint density at radius 3 is 2.95 bits per heavy atom. The summed E-state index contributed by atoms with van der Waals surface area (Å²) < 4.78 is 0. The maximum Gasteiger partial charge on any atom is 0.293 e. The number of rotatable bonds is 5. The molecule has 1 aromatic rings. The number of nitrogens with two attached hydrogens (primary N) is 1. The van der Waals surface area contributed by atoms with Crippen LogP contribution in [0, 0.1) is 10.1 Å². The van der Waals surface area contributed by atoms with E-state index >= 15 is 0 Å². The summed E-state index contributed by atoms with van der Waals surface area (Å²) in [6, 6.07) is 5.02. The molecule has 0 aliphatic carbocycles. The van der Waals surface area contributed by atoms with E-state index in [2.05, 4.69) is 15.6 Å². The van der Waals surface area contributed by atoms with E-state index in [0.717, 1.165) is 25.1 Å². The van der Waals surface area contributed by atoms with Gasteiger partial charge >= 0.3 is 0 Å². The smallest absolute Gasteiger partial charge is 0.293 e. The van der Waals surface area contributed by atoms with Gasteiger partial charge in [-0.25, -0.2) is 0 Å². The Hall–Kier alpha value is -2.19. The van der Waals surface area contributed by atoms with Gasteiger partial charge in [0.2, 0.25) is 5.91 Å². The van der Waals surface area contributed by atoms with Crippen LogP contribution in [0.4, 0.5) is 11.4 Å². The van der Waals surface area contributed by atoms with Crippen LogP contribution in [-0.2, 0) is 11.3 Å². The van der Waals surface area contributed by atoms with Crippen molar-refractivity contribution in [2.75, 3.05) is 18.5 Å². The molecule has 1 aliphatic heterocycles. The lowest BCUT2D eigenvalue weighted by Crippen LogP contribution is -2.35. The molecule has 114 valence electrons. The van der Waals surface area contributed by atoms with E-state index in [1.165, 1.54) is 13.0 Å². The Balaban J connectivity index is 2.08. The summed E-state index contributed by atoms with van der Waals surface area (Å²) in [4.78, 5) is 23.7. The molecule has 2 rings (SSSR count). The third-order valence-electron chi connectivity index (χ3n) is 3.54. The lowest BCUT2D eigenvalue weighted by Gasteiger charge is -2.18. The molecule has 1 aliphatic rings. The number of nitrogens with zero attached hydrogens (tertiary/aromatic N) is 2. The lowest BCUT2D eigenvalue weighted by atomic mass is 10.1. The molecule has 1 atom stereocenters. The van der Waals surface area contributed by atoms with E-state index in [1.807, 2.05) is 6.07 Å². The largest absolute Gasteiger partial charge is 0.352 e. The molecule has 1 unspecified atom stereocenters. The van der Waals surface area contributed by atoms with Crippen molar-refractivity contribution in [2.24, 2.45) is 5.84 Å². The van der Waals surface area contributed by atoms with E-state index in [4.69, 9.17) is 5.84 Å². The minimum atomic E-state index is -0.456. The van der Waals surface area contributed by atoms with Crippen molar-refractivity contribution in [3.05, 3.63) is 33.9 Å². The SMILES string of the molecule is CC(=O)NC1CCN(Cc2cccc([N+](=O)[O-])c2NN)C1. The molecule has 8 nitrogen and oxygen atoms in total. The molecule has 0 aromatic heterocycles. The monoisotopic (exact) mass is 293 g/mol. The van der Waals surface area contributed by atoms with Gasteiger partial charge in [0.1, 0.15) is 5.69 Å². The highest BCUT2D eigenvalue weighted by Crippen LogP contribution is 2.29. The highest BCUT2D eigenvalue weighted by atomic mass is 16.6. The number of para-hydroxylation sites is 1. The van der Waals surface area contributed by atoms with Gasteiger partial charge in [-0.15, -0.1) is 0 Å². The molecule has 0 saturated carbocycles. The number of carbonyl (C=O) groups excluding carboxylic acids is 1. The predicted molar refractivity (Wildman–Crippen MR) is 78.4 cm³/mol. The number of hydrazine groups is 1. The molecule has 21 heavy (non-hydrogen) atoms. The molecule has 1 saturated heterocycles. The van der Waals surface area contributed by atoms with E-state index in [9.17, 15) is 14.9 Å². The molecule has 1 aromatic carbocycles. The Kier molecular flexibility index (Phi) is 4.71. The number of hydrogen-bond acceptors (Lipinski definition) is 6. The first kappa shape index (κ1) is 15.2. The molecular weight excluding hydrogens is 274 g/mol. The van der Waals surface area contributed by atoms with Gasteiger partial charge in [0.15, 0.2) is 0 Å². The zero-order chi connectivity index (χ0) is 15.4. The van der Waals surface area contributed by atoms with E-state index in [1.54, 1.807) is 6.07 Å². The summed E-state index contributed by atoms with van der Waals surface area (Å²) in [7, 11) is 0. The maximum atomic E-state index is 11.1. The Morgan fingerprint density at radius 2 is 2.33 bits per heavy atom. The third kappa shape index (κ3) is 3.67. The predicted octanol–water partition coefficient (Wildman–Crippen LogP) is 0.591. The van der Waals surface area contributed by atoms with Crippen molar-refractivity contribution >= 4 is 17.3 Å². The number of carbonyl (C=O) groups is 1. The Labute approximate surface area is 122 Å². The van der Waals surface area contributed by atoms with Gasteiger partial charge < -0.3 is 10.7 Å². The quantitative estimate of drug-likeness (QED) is 0.416. The first-order chi connectivity index (χ1) is 10.0. The Bertz CT molecular complexity index is 549. The van der Waals surface area contributed by atoms with Crippen LogP contribution in [-0.4, -0.2) is 34.9 Å². The van der Waals surface area contributed by atoms with E-state index < -0.39 is 4.92 Å². The highest BCUT2D eigenvalue weighted by molar-refractivity contribution is 5.73. The van der Waals surface area contributed by atoms with Gasteiger partial charge in [-0.1, -0.05) is 12.1 Å². The number of nitrogens with one attached hydrogen (secondary N) is 2. The topological polar surface area (TPSA) is 114 Å². The molecule has 8 heteroatoms. The summed E-state index contributed by atoms with van der Waals surface area (Å²) in [5, 5.41) is 13.9. The average molecular weight is 293 g/mol. The van der Waals surface area contributed by atoms with Crippen LogP contribution in [0.1, 0.15) is 18.9 Å². The number of amides is 1. The zero-order valence-electron chi connectivity index (χ0n) is 11.8. The minimum Gasteiger partial charge on any atom is -0.352 e. The summed E-state index contributed by atoms with van der Waals surface area (Å²) in [6.07, 6.45) is 0.875. The number of hydrogen-bond donors (Lipinski definition) is 3. The fraction of sp³-hybridized carbons (Fsp3) is 0.462. The molecule has 0 bridgehead atoms. The normalized spacial score (nSPS) is 18.5. The first-order valence-electron chi connectivity index (χ1n) is 6.73. The van der Waals surface area contributed by atoms with Crippen LogP contribution in [0.3, 0.4) is 0 Å². The molecule has 4 N–H and O–H groups in total. The number of likely N-dealkylation sites (tertiary alicyclic amines) is 1. The van der Waals surface area contributed by atoms with Crippen molar-refractivity contribution in [3.8, 4) is 0 Å². The van der Waals surface area contributed by atoms with Gasteiger partial charge in [-0.05, 0) is 12.0 Å². The lowest BCUT2D eigenvalue weighted by molar-refractivity contribution is -0.384. The van der Waals surface area contributed by atoms with E-state index in [-0.39, 0.29) is 17.6 Å². The van der Waals surface area contributed by atoms with E-state index in [0.29, 0.717) is 12.2 Å². The maximum absolute atomic E-state index is 11.1. The van der Waals surface area contributed by atoms with Crippen molar-refractivity contribution in [2.45, 2.75) is 25.9 Å². The van der Waals surface area contributed by atoms with Crippen LogP contribution < -0.4 is 16.6 Å². The van der Waals surface area contributed by atoms with Gasteiger partial charge in [-0.2, -0.15) is 0 Å². The second-order valence-corrected chi connectivity index (χ2v) is 5.13. The van der Waals surface area contributed by atoms with Gasteiger partial charge in [0, 0.05) is 38.7 Å². The Morgan fingerprint density at radius 1 is 1.57 bits per heavy atom. The first-order valence-corrected chi connectivity index (χ1v) is 6.73. The summed E-state index contributed by atoms with van der Waals surface area (Å²) >= 11 is 0. The molecule has 0 radical (unpaired) electrons. The number of nitro groups is 1. The van der Waals surface area contributed by atoms with Crippen molar-refractivity contribution < 1.29 is 9.72 Å². The number of nitro benzene ring substituents is 1. The van der Waals surface area contributed by atoms with Crippen molar-refractivity contribution in [1.82, 2.24) is 10.2 Å². The summed E-state index contributed by atoms with van der Waals surface area (Å²) in [5.74, 6) is 5.39. The van der Waals surface area contributed by atoms with Crippen LogP contribution in [0.25, 0.3) is 0 Å². The molecule has 1 fully saturated rings. The van der Waals surface area contributed by atoms with Crippen molar-refractivity contribution in [3.63, 3.8) is 0 Å². The fourth-order valence-electron chi connectivity index (χ4n) is 2.66. The van der Waals surface area contributed by atoms with Crippen LogP contribution in [0.15, 0.2) is 18.2 Å². The second kappa shape index (κ2) is 6.51. The summed E-state index contributed by atoms with van der Waals surface area (Å²) in [6.45, 7) is 3.61. The number of anilines is 1. The third-order valence-corrected chi connectivity index (χ3v) is 3.54. The van der Waals surface area contributed by atoms with Crippen LogP contribution in [0.2, 0.25) is 0 Å². The number of nitrogen functional groups attached to an aromatic ring is 1. The van der Waals surface area contributed by atoms with Crippen LogP contribution in [0.5, 0.6) is 0 Å². The molecule has 1 amide bonds. The molecular formula is C13H19N5O3. The highest BCUT2D eigenvalue weighted by Gasteiger charge is 2.25. The fourth-order valence-corrected chi connectivity index (χ4v) is 2.66. The minimum absolute atomic E-state index is 0.0346. The zero-order valence-corrected chi connectivity index (χ0v) is 11.8. The summed E-state index contributed by atoms with van der Waals surface area (Å²) in [5.41, 5.74) is 3.50. The van der Waals surface area contributed by atoms with Gasteiger partial charge in [-0.3, -0.25) is 25.7 Å². The van der Waals surface area contributed by atoms with Crippen LogP contribution >= 0.6 is 0 Å². The number of benzene rings is 1. The van der Waals surface area contributed by atoms with Gasteiger partial charge in [0.25, 0.3) is 5.69 Å². The molecule has 0 spiro atoms. The molecule has 1 heterocycles. The van der Waals surface area contributed by atoms with Crippen molar-refractivity contribution in [1.29, 1.82) is 0 Å². The standard InChI is InChI=1S/C13H19N5O3/c1-9(19)15-11-5-6-17(8-11)7-10-3-2-4-12(18(20)21)13(10)16-14/h2-4,11,16H,5-8,14H2,1H3,(H,15,19). The second-order valence-electron chi connectivity index (χ2n) is 5.13. The average Bonchev–Trinajstić information content (AvgIpc) is 2.84.